The van der Waals surface area contributed by atoms with Gasteiger partial charge < -0.3 is 5.32 Å². The van der Waals surface area contributed by atoms with E-state index in [2.05, 4.69) is 25.8 Å². The van der Waals surface area contributed by atoms with Crippen molar-refractivity contribution in [3.05, 3.63) is 70.5 Å². The first-order valence-corrected chi connectivity index (χ1v) is 9.22. The zero-order chi connectivity index (χ0) is 21.8. The van der Waals surface area contributed by atoms with Crippen LogP contribution in [0.2, 0.25) is 5.02 Å². The van der Waals surface area contributed by atoms with Gasteiger partial charge in [0.15, 0.2) is 5.82 Å². The molecule has 0 bridgehead atoms. The van der Waals surface area contributed by atoms with Gasteiger partial charge >= 0.3 is 0 Å². The molecule has 30 heavy (non-hydrogen) atoms. The predicted octanol–water partition coefficient (Wildman–Crippen LogP) is 4.75. The third-order valence-corrected chi connectivity index (χ3v) is 4.11. The number of hydrogen-bond acceptors (Lipinski definition) is 3. The fourth-order valence-corrected chi connectivity index (χ4v) is 2.65. The van der Waals surface area contributed by atoms with E-state index >= 15 is 0 Å². The molecular weight excluding hydrogens is 419 g/mol. The Kier molecular flexibility index (Phi) is 6.41. The molecule has 0 aliphatic heterocycles. The predicted molar refractivity (Wildman–Crippen MR) is 109 cm³/mol. The van der Waals surface area contributed by atoms with Crippen LogP contribution in [-0.4, -0.2) is 28.1 Å². The Morgan fingerprint density at radius 2 is 1.80 bits per heavy atom. The molecule has 0 saturated carbocycles. The third-order valence-electron chi connectivity index (χ3n) is 3.80. The van der Waals surface area contributed by atoms with Crippen molar-refractivity contribution in [2.45, 2.75) is 19.9 Å². The Bertz CT molecular complexity index is 1090. The Balaban J connectivity index is 1.79. The topological polar surface area (TPSA) is 82.2 Å². The molecule has 2 aromatic carbocycles. The van der Waals surface area contributed by atoms with Crippen molar-refractivity contribution >= 4 is 29.3 Å². The Hall–Kier alpha value is -3.33. The van der Waals surface area contributed by atoms with Crippen molar-refractivity contribution in [2.24, 2.45) is 4.99 Å². The van der Waals surface area contributed by atoms with E-state index < -0.39 is 23.4 Å². The summed E-state index contributed by atoms with van der Waals surface area (Å²) in [6.07, 6.45) is 0. The molecule has 156 valence electrons. The van der Waals surface area contributed by atoms with Gasteiger partial charge in [-0.25, -0.2) is 18.2 Å². The number of H-pyrrole nitrogens is 1. The average molecular weight is 436 g/mol. The Morgan fingerprint density at radius 3 is 2.43 bits per heavy atom. The highest BCUT2D eigenvalue weighted by atomic mass is 35.5. The lowest BCUT2D eigenvalue weighted by Gasteiger charge is -2.11. The molecule has 10 heteroatoms. The summed E-state index contributed by atoms with van der Waals surface area (Å²) in [4.78, 5) is 16.7. The molecule has 0 atom stereocenters. The van der Waals surface area contributed by atoms with Crippen LogP contribution in [0.25, 0.3) is 11.3 Å². The highest BCUT2D eigenvalue weighted by molar-refractivity contribution is 6.30. The summed E-state index contributed by atoms with van der Waals surface area (Å²) in [6.45, 7) is 3.59. The molecule has 0 saturated heterocycles. The molecule has 3 rings (SSSR count). The number of aliphatic imine (C=N–C) groups is 1. The summed E-state index contributed by atoms with van der Waals surface area (Å²) in [5.74, 6) is -2.47. The number of aromatic nitrogens is 2. The monoisotopic (exact) mass is 435 g/mol. The number of aromatic amines is 1. The van der Waals surface area contributed by atoms with E-state index in [1.54, 1.807) is 13.8 Å². The van der Waals surface area contributed by atoms with Gasteiger partial charge in [-0.2, -0.15) is 5.10 Å². The van der Waals surface area contributed by atoms with Crippen molar-refractivity contribution in [3.63, 3.8) is 0 Å². The van der Waals surface area contributed by atoms with Crippen molar-refractivity contribution in [1.82, 2.24) is 15.5 Å². The molecule has 0 aliphatic rings. The molecule has 1 aromatic heterocycles. The van der Waals surface area contributed by atoms with E-state index in [0.29, 0.717) is 5.69 Å². The molecule has 3 N–H and O–H groups in total. The lowest BCUT2D eigenvalue weighted by molar-refractivity contribution is 0.0976. The minimum atomic E-state index is -0.723. The molecule has 0 spiro atoms. The van der Waals surface area contributed by atoms with E-state index in [1.807, 2.05) is 0 Å². The van der Waals surface area contributed by atoms with Crippen molar-refractivity contribution in [1.29, 1.82) is 0 Å². The standard InChI is InChI=1S/C20H17ClF3N5O/c1-10(2)25-20(27-19(30)11-3-4-15(21)16(24)7-11)26-18-9-17(28-29-18)12-5-13(22)8-14(23)6-12/h3-10H,1-2H3,(H3,25,26,27,28,29,30). The van der Waals surface area contributed by atoms with Crippen molar-refractivity contribution < 1.29 is 18.0 Å². The van der Waals surface area contributed by atoms with Gasteiger partial charge in [0.2, 0.25) is 5.96 Å². The van der Waals surface area contributed by atoms with Crippen LogP contribution in [0.4, 0.5) is 19.0 Å². The second-order valence-corrected chi connectivity index (χ2v) is 7.01. The van der Waals surface area contributed by atoms with Gasteiger partial charge in [-0.1, -0.05) is 11.6 Å². The van der Waals surface area contributed by atoms with Gasteiger partial charge in [0.25, 0.3) is 5.91 Å². The summed E-state index contributed by atoms with van der Waals surface area (Å²) in [6, 6.07) is 8.04. The first-order valence-electron chi connectivity index (χ1n) is 8.84. The minimum absolute atomic E-state index is 0.0492. The fourth-order valence-electron chi connectivity index (χ4n) is 2.54. The average Bonchev–Trinajstić information content (AvgIpc) is 3.11. The summed E-state index contributed by atoms with van der Waals surface area (Å²) in [5.41, 5.74) is 0.662. The van der Waals surface area contributed by atoms with Crippen molar-refractivity contribution in [2.75, 3.05) is 5.32 Å². The van der Waals surface area contributed by atoms with Gasteiger partial charge in [-0.15, -0.1) is 0 Å². The zero-order valence-corrected chi connectivity index (χ0v) is 16.7. The summed E-state index contributed by atoms with van der Waals surface area (Å²) < 4.78 is 40.5. The molecule has 0 fully saturated rings. The van der Waals surface area contributed by atoms with E-state index in [9.17, 15) is 18.0 Å². The first-order chi connectivity index (χ1) is 14.2. The Labute approximate surface area is 175 Å². The molecule has 0 aliphatic carbocycles. The van der Waals surface area contributed by atoms with Crippen molar-refractivity contribution in [3.8, 4) is 11.3 Å². The maximum atomic E-state index is 13.6. The number of nitrogens with one attached hydrogen (secondary N) is 3. The highest BCUT2D eigenvalue weighted by Gasteiger charge is 2.14. The summed E-state index contributed by atoms with van der Waals surface area (Å²) >= 11 is 5.64. The number of amides is 1. The minimum Gasteiger partial charge on any atom is -0.309 e. The van der Waals surface area contributed by atoms with Gasteiger partial charge in [-0.05, 0) is 44.2 Å². The molecule has 6 nitrogen and oxygen atoms in total. The molecule has 1 amide bonds. The number of carbonyl (C=O) groups excluding carboxylic acids is 1. The largest absolute Gasteiger partial charge is 0.309 e. The van der Waals surface area contributed by atoms with Gasteiger partial charge in [0, 0.05) is 29.3 Å². The van der Waals surface area contributed by atoms with Gasteiger partial charge in [0.05, 0.1) is 10.7 Å². The van der Waals surface area contributed by atoms with E-state index in [4.69, 9.17) is 11.6 Å². The van der Waals surface area contributed by atoms with E-state index in [1.165, 1.54) is 18.2 Å². The van der Waals surface area contributed by atoms with Crippen LogP contribution in [0.1, 0.15) is 24.2 Å². The number of guanidine groups is 1. The number of nitrogens with zero attached hydrogens (tertiary/aromatic N) is 2. The normalized spacial score (nSPS) is 11.6. The van der Waals surface area contributed by atoms with Crippen LogP contribution in [0.5, 0.6) is 0 Å². The number of halogens is 4. The van der Waals surface area contributed by atoms with E-state index in [0.717, 1.165) is 24.3 Å². The van der Waals surface area contributed by atoms with Crippen LogP contribution in [0.15, 0.2) is 47.5 Å². The highest BCUT2D eigenvalue weighted by Crippen LogP contribution is 2.22. The third kappa shape index (κ3) is 5.38. The molecule has 3 aromatic rings. The van der Waals surface area contributed by atoms with Crippen LogP contribution >= 0.6 is 11.6 Å². The zero-order valence-electron chi connectivity index (χ0n) is 15.9. The number of rotatable bonds is 4. The number of carbonyl (C=O) groups is 1. The SMILES string of the molecule is CC(C)N=C(NC(=O)c1ccc(Cl)c(F)c1)Nc1cc(-c2cc(F)cc(F)c2)[nH]n1. The fraction of sp³-hybridized carbons (Fsp3) is 0.150. The van der Waals surface area contributed by atoms with Gasteiger partial charge in [0.1, 0.15) is 17.5 Å². The van der Waals surface area contributed by atoms with E-state index in [-0.39, 0.29) is 34.0 Å². The molecular formula is C20H17ClF3N5O. The van der Waals surface area contributed by atoms with Crippen LogP contribution in [0, 0.1) is 17.5 Å². The summed E-state index contributed by atoms with van der Waals surface area (Å²) in [5, 5.41) is 11.9. The smallest absolute Gasteiger partial charge is 0.258 e. The quantitative estimate of drug-likeness (QED) is 0.408. The lowest BCUT2D eigenvalue weighted by Crippen LogP contribution is -2.36. The second kappa shape index (κ2) is 9.00. The van der Waals surface area contributed by atoms with Crippen LogP contribution in [0.3, 0.4) is 0 Å². The van der Waals surface area contributed by atoms with Crippen LogP contribution < -0.4 is 10.6 Å². The maximum Gasteiger partial charge on any atom is 0.258 e. The lowest BCUT2D eigenvalue weighted by atomic mass is 10.1. The number of anilines is 1. The molecule has 0 radical (unpaired) electrons. The molecule has 0 unspecified atom stereocenters. The second-order valence-electron chi connectivity index (χ2n) is 6.60. The maximum absolute atomic E-state index is 13.6. The number of hydrogen-bond donors (Lipinski definition) is 3. The Morgan fingerprint density at radius 1 is 1.10 bits per heavy atom. The van der Waals surface area contributed by atoms with Crippen LogP contribution in [-0.2, 0) is 0 Å². The van der Waals surface area contributed by atoms with Gasteiger partial charge in [-0.3, -0.25) is 15.2 Å². The molecule has 1 heterocycles. The first kappa shape index (κ1) is 21.4. The number of benzene rings is 2. The summed E-state index contributed by atoms with van der Waals surface area (Å²) in [7, 11) is 0.